The van der Waals surface area contributed by atoms with Crippen LogP contribution in [0.4, 0.5) is 5.69 Å². The lowest BCUT2D eigenvalue weighted by atomic mass is 10.1. The third kappa shape index (κ3) is 4.41. The van der Waals surface area contributed by atoms with Crippen molar-refractivity contribution in [2.75, 3.05) is 11.9 Å². The number of halogens is 1. The molecule has 1 aliphatic rings. The molecule has 1 aliphatic heterocycles. The molecule has 0 aliphatic carbocycles. The third-order valence-corrected chi connectivity index (χ3v) is 5.07. The number of hydrogen-bond donors (Lipinski definition) is 1. The van der Waals surface area contributed by atoms with Crippen LogP contribution in [0.2, 0.25) is 5.02 Å². The van der Waals surface area contributed by atoms with Crippen LogP contribution >= 0.6 is 11.6 Å². The Morgan fingerprint density at radius 1 is 1.28 bits per heavy atom. The zero-order valence-corrected chi connectivity index (χ0v) is 15.6. The maximum absolute atomic E-state index is 11.2. The molecule has 1 fully saturated rings. The van der Waals surface area contributed by atoms with Crippen molar-refractivity contribution in [3.05, 3.63) is 46.7 Å². The van der Waals surface area contributed by atoms with Gasteiger partial charge in [-0.1, -0.05) is 36.6 Å². The zero-order valence-electron chi connectivity index (χ0n) is 14.8. The first-order valence-electron chi connectivity index (χ1n) is 8.82. The lowest BCUT2D eigenvalue weighted by Gasteiger charge is -2.30. The summed E-state index contributed by atoms with van der Waals surface area (Å²) < 4.78 is 1.91. The van der Waals surface area contributed by atoms with E-state index in [1.807, 2.05) is 23.9 Å². The molecule has 0 saturated carbocycles. The Bertz CT molecular complexity index is 706. The Labute approximate surface area is 154 Å². The van der Waals surface area contributed by atoms with Crippen molar-refractivity contribution < 1.29 is 4.79 Å². The quantitative estimate of drug-likeness (QED) is 0.891. The van der Waals surface area contributed by atoms with Gasteiger partial charge >= 0.3 is 0 Å². The molecule has 2 heterocycles. The molecule has 5 nitrogen and oxygen atoms in total. The number of anilines is 1. The molecule has 0 bridgehead atoms. The number of nitrogens with one attached hydrogen (secondary N) is 1. The van der Waals surface area contributed by atoms with E-state index in [2.05, 4.69) is 27.4 Å². The van der Waals surface area contributed by atoms with Crippen molar-refractivity contribution in [3.63, 3.8) is 0 Å². The molecule has 1 N–H and O–H groups in total. The highest BCUT2D eigenvalue weighted by molar-refractivity contribution is 6.31. The minimum absolute atomic E-state index is 0.0498. The van der Waals surface area contributed by atoms with E-state index < -0.39 is 0 Å². The minimum atomic E-state index is -0.0498. The number of hydrogen-bond acceptors (Lipinski definition) is 3. The molecule has 0 unspecified atom stereocenters. The molecule has 134 valence electrons. The Balaban J connectivity index is 1.79. The topological polar surface area (TPSA) is 50.2 Å². The van der Waals surface area contributed by atoms with Crippen molar-refractivity contribution in [2.24, 2.45) is 7.05 Å². The van der Waals surface area contributed by atoms with Gasteiger partial charge in [-0.15, -0.1) is 0 Å². The van der Waals surface area contributed by atoms with Crippen LogP contribution in [0.15, 0.2) is 30.5 Å². The Morgan fingerprint density at radius 3 is 2.68 bits per heavy atom. The number of amides is 1. The third-order valence-electron chi connectivity index (χ3n) is 4.78. The van der Waals surface area contributed by atoms with Gasteiger partial charge in [0.1, 0.15) is 0 Å². The number of aromatic nitrogens is 2. The SMILES string of the molecule is CC(=O)Nc1ccc(CN2CCCCC[C@@H]2c2c(Cl)cnn2C)cc1. The first kappa shape index (κ1) is 18.0. The van der Waals surface area contributed by atoms with Gasteiger partial charge in [0, 0.05) is 26.2 Å². The summed E-state index contributed by atoms with van der Waals surface area (Å²) in [6, 6.07) is 8.37. The van der Waals surface area contributed by atoms with Gasteiger partial charge in [0.05, 0.1) is 23.0 Å². The fraction of sp³-hybridized carbons (Fsp3) is 0.474. The van der Waals surface area contributed by atoms with E-state index in [9.17, 15) is 4.79 Å². The monoisotopic (exact) mass is 360 g/mol. The van der Waals surface area contributed by atoms with Gasteiger partial charge in [0.2, 0.25) is 5.91 Å². The predicted molar refractivity (Wildman–Crippen MR) is 101 cm³/mol. The average molecular weight is 361 g/mol. The van der Waals surface area contributed by atoms with E-state index in [-0.39, 0.29) is 11.9 Å². The lowest BCUT2D eigenvalue weighted by molar-refractivity contribution is -0.114. The summed E-state index contributed by atoms with van der Waals surface area (Å²) in [5.41, 5.74) is 3.18. The van der Waals surface area contributed by atoms with E-state index in [1.165, 1.54) is 31.7 Å². The van der Waals surface area contributed by atoms with Crippen molar-refractivity contribution >= 4 is 23.2 Å². The molecule has 1 amide bonds. The molecule has 6 heteroatoms. The number of rotatable bonds is 4. The predicted octanol–water partition coefficient (Wildman–Crippen LogP) is 4.15. The number of carbonyl (C=O) groups is 1. The van der Waals surface area contributed by atoms with E-state index >= 15 is 0 Å². The van der Waals surface area contributed by atoms with Gasteiger partial charge in [-0.3, -0.25) is 14.4 Å². The normalized spacial score (nSPS) is 18.8. The molecule has 1 saturated heterocycles. The summed E-state index contributed by atoms with van der Waals surface area (Å²) in [5, 5.41) is 7.88. The van der Waals surface area contributed by atoms with Crippen LogP contribution in [0.25, 0.3) is 0 Å². The lowest BCUT2D eigenvalue weighted by Crippen LogP contribution is -2.29. The fourth-order valence-corrected chi connectivity index (χ4v) is 3.88. The molecular formula is C19H25ClN4O. The number of aryl methyl sites for hydroxylation is 1. The number of likely N-dealkylation sites (tertiary alicyclic amines) is 1. The van der Waals surface area contributed by atoms with Gasteiger partial charge in [0.15, 0.2) is 0 Å². The molecule has 2 aromatic rings. The molecule has 25 heavy (non-hydrogen) atoms. The van der Waals surface area contributed by atoms with E-state index in [0.717, 1.165) is 35.9 Å². The second-order valence-electron chi connectivity index (χ2n) is 6.72. The second-order valence-corrected chi connectivity index (χ2v) is 7.12. The maximum Gasteiger partial charge on any atom is 0.221 e. The van der Waals surface area contributed by atoms with Gasteiger partial charge in [-0.05, 0) is 37.1 Å². The first-order valence-corrected chi connectivity index (χ1v) is 9.20. The van der Waals surface area contributed by atoms with Gasteiger partial charge in [-0.2, -0.15) is 5.10 Å². The Morgan fingerprint density at radius 2 is 2.04 bits per heavy atom. The highest BCUT2D eigenvalue weighted by atomic mass is 35.5. The van der Waals surface area contributed by atoms with Crippen molar-refractivity contribution in [1.29, 1.82) is 0 Å². The summed E-state index contributed by atoms with van der Waals surface area (Å²) in [6.07, 6.45) is 6.51. The minimum Gasteiger partial charge on any atom is -0.326 e. The highest BCUT2D eigenvalue weighted by Gasteiger charge is 2.27. The summed E-state index contributed by atoms with van der Waals surface area (Å²) in [4.78, 5) is 13.7. The molecule has 0 radical (unpaired) electrons. The molecule has 1 aromatic carbocycles. The van der Waals surface area contributed by atoms with Crippen LogP contribution in [-0.2, 0) is 18.4 Å². The van der Waals surface area contributed by atoms with Crippen LogP contribution in [-0.4, -0.2) is 27.1 Å². The second kappa shape index (κ2) is 8.02. The van der Waals surface area contributed by atoms with Crippen LogP contribution in [0.5, 0.6) is 0 Å². The zero-order chi connectivity index (χ0) is 17.8. The summed E-state index contributed by atoms with van der Waals surface area (Å²) >= 11 is 6.42. The number of carbonyl (C=O) groups excluding carboxylic acids is 1. The summed E-state index contributed by atoms with van der Waals surface area (Å²) in [7, 11) is 1.96. The van der Waals surface area contributed by atoms with Gasteiger partial charge in [-0.25, -0.2) is 0 Å². The molecule has 1 atom stereocenters. The standard InChI is InChI=1S/C19H25ClN4O/c1-14(25)22-16-9-7-15(8-10-16)13-24-11-5-3-4-6-18(24)19-17(20)12-21-23(19)2/h7-10,12,18H,3-6,11,13H2,1-2H3,(H,22,25)/t18-/m1/s1. The number of nitrogens with zero attached hydrogens (tertiary/aromatic N) is 3. The van der Waals surface area contributed by atoms with Crippen molar-refractivity contribution in [2.45, 2.75) is 45.2 Å². The molecule has 3 rings (SSSR count). The van der Waals surface area contributed by atoms with Crippen LogP contribution in [0.1, 0.15) is 49.9 Å². The fourth-order valence-electron chi connectivity index (χ4n) is 3.59. The summed E-state index contributed by atoms with van der Waals surface area (Å²) in [6.45, 7) is 3.44. The van der Waals surface area contributed by atoms with Crippen LogP contribution in [0.3, 0.4) is 0 Å². The van der Waals surface area contributed by atoms with Crippen LogP contribution in [0, 0.1) is 0 Å². The van der Waals surface area contributed by atoms with Crippen LogP contribution < -0.4 is 5.32 Å². The van der Waals surface area contributed by atoms with E-state index in [0.29, 0.717) is 0 Å². The van der Waals surface area contributed by atoms with Gasteiger partial charge < -0.3 is 5.32 Å². The number of benzene rings is 1. The largest absolute Gasteiger partial charge is 0.326 e. The van der Waals surface area contributed by atoms with Gasteiger partial charge in [0.25, 0.3) is 0 Å². The average Bonchev–Trinajstić information content (AvgIpc) is 2.77. The Hall–Kier alpha value is -1.85. The Kier molecular flexibility index (Phi) is 5.76. The smallest absolute Gasteiger partial charge is 0.221 e. The maximum atomic E-state index is 11.2. The highest BCUT2D eigenvalue weighted by Crippen LogP contribution is 2.34. The van der Waals surface area contributed by atoms with E-state index in [1.54, 1.807) is 6.20 Å². The molecule has 0 spiro atoms. The summed E-state index contributed by atoms with van der Waals surface area (Å²) in [5.74, 6) is -0.0498. The van der Waals surface area contributed by atoms with Crippen molar-refractivity contribution in [3.8, 4) is 0 Å². The van der Waals surface area contributed by atoms with Crippen molar-refractivity contribution in [1.82, 2.24) is 14.7 Å². The van der Waals surface area contributed by atoms with E-state index in [4.69, 9.17) is 11.6 Å². The molecule has 1 aromatic heterocycles. The first-order chi connectivity index (χ1) is 12.0. The molecular weight excluding hydrogens is 336 g/mol.